The third-order valence-electron chi connectivity index (χ3n) is 4.82. The van der Waals surface area contributed by atoms with E-state index in [1.165, 1.54) is 10.7 Å². The lowest BCUT2D eigenvalue weighted by atomic mass is 9.94. The zero-order valence-corrected chi connectivity index (χ0v) is 15.8. The molecule has 6 heteroatoms. The normalized spacial score (nSPS) is 17.3. The third-order valence-corrected chi connectivity index (χ3v) is 6.07. The van der Waals surface area contributed by atoms with E-state index in [0.717, 1.165) is 37.5 Å². The highest BCUT2D eigenvalue weighted by molar-refractivity contribution is 7.92. The van der Waals surface area contributed by atoms with E-state index in [0.29, 0.717) is 5.69 Å². The highest BCUT2D eigenvalue weighted by Gasteiger charge is 2.33. The van der Waals surface area contributed by atoms with Gasteiger partial charge in [-0.25, -0.2) is 8.42 Å². The van der Waals surface area contributed by atoms with Crippen LogP contribution in [0.1, 0.15) is 44.6 Å². The van der Waals surface area contributed by atoms with E-state index in [2.05, 4.69) is 0 Å². The Hall–Kier alpha value is -1.56. The number of hydrogen-bond acceptors (Lipinski definition) is 3. The first kappa shape index (κ1) is 18.8. The van der Waals surface area contributed by atoms with Crippen molar-refractivity contribution in [2.24, 2.45) is 0 Å². The molecule has 0 aromatic heterocycles. The first-order chi connectivity index (χ1) is 11.2. The van der Waals surface area contributed by atoms with Crippen molar-refractivity contribution in [2.45, 2.75) is 58.0 Å². The molecule has 1 aliphatic rings. The molecule has 0 heterocycles. The fourth-order valence-corrected chi connectivity index (χ4v) is 4.61. The highest BCUT2D eigenvalue weighted by Crippen LogP contribution is 2.25. The van der Waals surface area contributed by atoms with Crippen LogP contribution in [0, 0.1) is 6.92 Å². The summed E-state index contributed by atoms with van der Waals surface area (Å²) in [5.41, 5.74) is 1.58. The molecule has 1 aromatic carbocycles. The Morgan fingerprint density at radius 3 is 2.17 bits per heavy atom. The van der Waals surface area contributed by atoms with Gasteiger partial charge in [-0.2, -0.15) is 0 Å². The number of amides is 1. The molecular weight excluding hydrogens is 324 g/mol. The molecule has 0 aliphatic heterocycles. The van der Waals surface area contributed by atoms with Crippen LogP contribution in [0.25, 0.3) is 0 Å². The average molecular weight is 352 g/mol. The molecule has 0 N–H and O–H groups in total. The van der Waals surface area contributed by atoms with E-state index in [9.17, 15) is 13.2 Å². The molecule has 24 heavy (non-hydrogen) atoms. The molecular formula is C18H28N2O3S. The summed E-state index contributed by atoms with van der Waals surface area (Å²) < 4.78 is 25.9. The summed E-state index contributed by atoms with van der Waals surface area (Å²) in [5.74, 6) is -0.145. The van der Waals surface area contributed by atoms with Crippen LogP contribution in [0.4, 0.5) is 5.69 Å². The van der Waals surface area contributed by atoms with Gasteiger partial charge in [0.05, 0.1) is 11.9 Å². The van der Waals surface area contributed by atoms with E-state index in [1.807, 2.05) is 19.1 Å². The minimum absolute atomic E-state index is 0.145. The lowest BCUT2D eigenvalue weighted by Crippen LogP contribution is -2.51. The summed E-state index contributed by atoms with van der Waals surface area (Å²) in [6.45, 7) is 3.61. The predicted octanol–water partition coefficient (Wildman–Crippen LogP) is 2.94. The molecule has 2 rings (SSSR count). The number of anilines is 1. The number of nitrogens with zero attached hydrogens (tertiary/aromatic N) is 2. The first-order valence-electron chi connectivity index (χ1n) is 8.54. The summed E-state index contributed by atoms with van der Waals surface area (Å²) in [7, 11) is -1.76. The van der Waals surface area contributed by atoms with Gasteiger partial charge in [0.25, 0.3) is 0 Å². The molecule has 1 fully saturated rings. The van der Waals surface area contributed by atoms with Crippen molar-refractivity contribution >= 4 is 21.6 Å². The Kier molecular flexibility index (Phi) is 5.91. The summed E-state index contributed by atoms with van der Waals surface area (Å²) >= 11 is 0. The van der Waals surface area contributed by atoms with E-state index in [1.54, 1.807) is 31.0 Å². The summed E-state index contributed by atoms with van der Waals surface area (Å²) in [5, 5.41) is 0. The van der Waals surface area contributed by atoms with Gasteiger partial charge in [0, 0.05) is 13.1 Å². The van der Waals surface area contributed by atoms with Gasteiger partial charge in [0.1, 0.15) is 6.04 Å². The number of carbonyl (C=O) groups excluding carboxylic acids is 1. The van der Waals surface area contributed by atoms with Gasteiger partial charge >= 0.3 is 0 Å². The van der Waals surface area contributed by atoms with Crippen LogP contribution in [0.15, 0.2) is 24.3 Å². The molecule has 0 unspecified atom stereocenters. The Labute approximate surface area is 145 Å². The maximum Gasteiger partial charge on any atom is 0.246 e. The summed E-state index contributed by atoms with van der Waals surface area (Å²) in [6, 6.07) is 6.68. The van der Waals surface area contributed by atoms with Crippen molar-refractivity contribution in [3.05, 3.63) is 29.8 Å². The quantitative estimate of drug-likeness (QED) is 0.819. The minimum atomic E-state index is -3.55. The molecule has 134 valence electrons. The molecule has 1 saturated carbocycles. The topological polar surface area (TPSA) is 57.7 Å². The number of benzene rings is 1. The Morgan fingerprint density at radius 1 is 1.12 bits per heavy atom. The van der Waals surface area contributed by atoms with Crippen LogP contribution in [0.5, 0.6) is 0 Å². The highest BCUT2D eigenvalue weighted by atomic mass is 32.2. The fourth-order valence-electron chi connectivity index (χ4n) is 3.44. The third kappa shape index (κ3) is 4.29. The lowest BCUT2D eigenvalue weighted by molar-refractivity contribution is -0.133. The van der Waals surface area contributed by atoms with Crippen LogP contribution in [-0.2, 0) is 14.8 Å². The fraction of sp³-hybridized carbons (Fsp3) is 0.611. The van der Waals surface area contributed by atoms with Crippen molar-refractivity contribution in [1.82, 2.24) is 4.90 Å². The van der Waals surface area contributed by atoms with Crippen LogP contribution in [0.2, 0.25) is 0 Å². The molecule has 0 saturated heterocycles. The Balaban J connectivity index is 2.25. The molecule has 1 amide bonds. The molecule has 5 nitrogen and oxygen atoms in total. The van der Waals surface area contributed by atoms with Gasteiger partial charge in [0.15, 0.2) is 0 Å². The number of likely N-dealkylation sites (N-methyl/N-ethyl adjacent to an activating group) is 1. The predicted molar refractivity (Wildman–Crippen MR) is 97.6 cm³/mol. The first-order valence-corrected chi connectivity index (χ1v) is 10.4. The monoisotopic (exact) mass is 352 g/mol. The molecule has 0 spiro atoms. The largest absolute Gasteiger partial charge is 0.341 e. The second kappa shape index (κ2) is 7.55. The van der Waals surface area contributed by atoms with Crippen molar-refractivity contribution in [3.8, 4) is 0 Å². The van der Waals surface area contributed by atoms with Crippen LogP contribution < -0.4 is 4.31 Å². The smallest absolute Gasteiger partial charge is 0.246 e. The zero-order chi connectivity index (χ0) is 17.9. The number of sulfonamides is 1. The van der Waals surface area contributed by atoms with E-state index < -0.39 is 16.1 Å². The molecule has 0 radical (unpaired) electrons. The van der Waals surface area contributed by atoms with Crippen LogP contribution in [0.3, 0.4) is 0 Å². The SMILES string of the molecule is Cc1ccc(N([C@@H](C)C(=O)N(C)C2CCCCC2)S(C)(=O)=O)cc1. The number of hydrogen-bond donors (Lipinski definition) is 0. The maximum atomic E-state index is 12.9. The Bertz CT molecular complexity index is 664. The van der Waals surface area contributed by atoms with Crippen molar-refractivity contribution in [1.29, 1.82) is 0 Å². The zero-order valence-electron chi connectivity index (χ0n) is 15.0. The van der Waals surface area contributed by atoms with Gasteiger partial charge in [-0.3, -0.25) is 9.10 Å². The Morgan fingerprint density at radius 2 is 1.67 bits per heavy atom. The van der Waals surface area contributed by atoms with Gasteiger partial charge < -0.3 is 4.90 Å². The van der Waals surface area contributed by atoms with E-state index >= 15 is 0 Å². The van der Waals surface area contributed by atoms with Gasteiger partial charge in [-0.05, 0) is 38.8 Å². The van der Waals surface area contributed by atoms with Gasteiger partial charge in [0.2, 0.25) is 15.9 Å². The maximum absolute atomic E-state index is 12.9. The minimum Gasteiger partial charge on any atom is -0.341 e. The van der Waals surface area contributed by atoms with Crippen LogP contribution >= 0.6 is 0 Å². The molecule has 1 aliphatic carbocycles. The number of aryl methyl sites for hydroxylation is 1. The van der Waals surface area contributed by atoms with Crippen LogP contribution in [-0.4, -0.2) is 44.6 Å². The van der Waals surface area contributed by atoms with Crippen molar-refractivity contribution in [2.75, 3.05) is 17.6 Å². The van der Waals surface area contributed by atoms with Crippen molar-refractivity contribution < 1.29 is 13.2 Å². The van der Waals surface area contributed by atoms with E-state index in [-0.39, 0.29) is 11.9 Å². The second-order valence-corrected chi connectivity index (χ2v) is 8.67. The summed E-state index contributed by atoms with van der Waals surface area (Å²) in [4.78, 5) is 14.6. The number of carbonyl (C=O) groups is 1. The molecule has 1 atom stereocenters. The second-order valence-electron chi connectivity index (χ2n) is 6.81. The average Bonchev–Trinajstić information content (AvgIpc) is 2.55. The number of rotatable bonds is 5. The van der Waals surface area contributed by atoms with Crippen molar-refractivity contribution in [3.63, 3.8) is 0 Å². The van der Waals surface area contributed by atoms with Gasteiger partial charge in [-0.15, -0.1) is 0 Å². The molecule has 1 aromatic rings. The van der Waals surface area contributed by atoms with Gasteiger partial charge in [-0.1, -0.05) is 37.0 Å². The standard InChI is InChI=1S/C18H28N2O3S/c1-14-10-12-17(13-11-14)20(24(4,22)23)15(2)18(21)19(3)16-8-6-5-7-9-16/h10-13,15-16H,5-9H2,1-4H3/t15-/m0/s1. The van der Waals surface area contributed by atoms with E-state index in [4.69, 9.17) is 0 Å². The lowest BCUT2D eigenvalue weighted by Gasteiger charge is -2.36. The molecule has 0 bridgehead atoms. The summed E-state index contributed by atoms with van der Waals surface area (Å²) in [6.07, 6.45) is 6.62.